The van der Waals surface area contributed by atoms with Gasteiger partial charge in [-0.15, -0.1) is 0 Å². The number of para-hydroxylation sites is 1. The number of hydrogen-bond donors (Lipinski definition) is 0. The maximum absolute atomic E-state index is 2.68. The van der Waals surface area contributed by atoms with Gasteiger partial charge in [0.05, 0.1) is 16.8 Å². The van der Waals surface area contributed by atoms with Crippen molar-refractivity contribution in [2.75, 3.05) is 4.90 Å². The van der Waals surface area contributed by atoms with Gasteiger partial charge in [-0.1, -0.05) is 230 Å². The van der Waals surface area contributed by atoms with Crippen LogP contribution >= 0.6 is 0 Å². The Morgan fingerprint density at radius 2 is 0.903 bits per heavy atom. The first kappa shape index (κ1) is 46.4. The van der Waals surface area contributed by atoms with E-state index >= 15 is 0 Å². The summed E-state index contributed by atoms with van der Waals surface area (Å²) in [5, 5.41) is 5.65. The Bertz CT molecular complexity index is 3350. The summed E-state index contributed by atoms with van der Waals surface area (Å²) in [6.45, 7) is 4.65. The second-order valence-electron chi connectivity index (χ2n) is 21.4. The average Bonchev–Trinajstić information content (AvgIpc) is 3.71. The van der Waals surface area contributed by atoms with Crippen LogP contribution in [0.1, 0.15) is 147 Å². The molecule has 0 bridgehead atoms. The molecule has 9 aromatic rings. The van der Waals surface area contributed by atoms with Crippen LogP contribution in [-0.2, 0) is 43.9 Å². The Kier molecular flexibility index (Phi) is 13.2. The molecular weight excluding hydrogens is 867 g/mol. The fraction of sp³-hybridized carbons (Fsp3) is 0.296. The number of rotatable bonds is 20. The standard InChI is InChI=1S/C71H71N/c1-3-5-7-9-11-16-28-60-59-30-18-19-31-61(59)63-46-45-57(49-66(63)62(60)29-17-12-10-8-6-4-2)72(68-35-23-21-27-58(68)52-25-14-13-15-26-52)69-36-24-33-65-64-32-20-22-34-67(64)71(70(65)69,55-43-41-50-37-39-53(50)47-55)56-44-42-51-38-40-54(51)48-56/h13-15,18-27,30-36,41-49H,3-12,16-17,28-29,37-40H2,1-2H3. The molecule has 0 saturated carbocycles. The Labute approximate surface area is 430 Å². The molecule has 3 aliphatic carbocycles. The van der Waals surface area contributed by atoms with Gasteiger partial charge >= 0.3 is 0 Å². The largest absolute Gasteiger partial charge is 0.309 e. The molecule has 0 aromatic heterocycles. The van der Waals surface area contributed by atoms with Crippen molar-refractivity contribution in [3.05, 3.63) is 232 Å². The van der Waals surface area contributed by atoms with Gasteiger partial charge in [0.2, 0.25) is 0 Å². The third kappa shape index (κ3) is 8.18. The van der Waals surface area contributed by atoms with Crippen molar-refractivity contribution >= 4 is 38.6 Å². The first-order valence-electron chi connectivity index (χ1n) is 28.1. The normalized spacial score (nSPS) is 13.8. The highest BCUT2D eigenvalue weighted by atomic mass is 15.1. The zero-order valence-electron chi connectivity index (χ0n) is 42.9. The van der Waals surface area contributed by atoms with E-state index in [9.17, 15) is 0 Å². The van der Waals surface area contributed by atoms with Gasteiger partial charge in [0.15, 0.2) is 0 Å². The number of hydrogen-bond acceptors (Lipinski definition) is 1. The molecular formula is C71H71N. The van der Waals surface area contributed by atoms with Gasteiger partial charge in [0.25, 0.3) is 0 Å². The first-order chi connectivity index (χ1) is 35.7. The predicted octanol–water partition coefficient (Wildman–Crippen LogP) is 19.5. The van der Waals surface area contributed by atoms with E-state index in [1.165, 1.54) is 195 Å². The van der Waals surface area contributed by atoms with Gasteiger partial charge in [-0.2, -0.15) is 0 Å². The van der Waals surface area contributed by atoms with E-state index in [2.05, 4.69) is 195 Å². The summed E-state index contributed by atoms with van der Waals surface area (Å²) in [4.78, 5) is 2.68. The molecule has 72 heavy (non-hydrogen) atoms. The van der Waals surface area contributed by atoms with Crippen molar-refractivity contribution in [2.45, 2.75) is 135 Å². The van der Waals surface area contributed by atoms with Crippen molar-refractivity contribution in [2.24, 2.45) is 0 Å². The van der Waals surface area contributed by atoms with Crippen LogP contribution in [0.3, 0.4) is 0 Å². The Hall–Kier alpha value is -6.70. The molecule has 0 fully saturated rings. The minimum atomic E-state index is -0.544. The molecule has 0 saturated heterocycles. The minimum absolute atomic E-state index is 0.544. The van der Waals surface area contributed by atoms with Crippen molar-refractivity contribution in [3.8, 4) is 22.3 Å². The molecule has 12 rings (SSSR count). The van der Waals surface area contributed by atoms with Gasteiger partial charge in [0.1, 0.15) is 0 Å². The highest BCUT2D eigenvalue weighted by Gasteiger charge is 2.49. The average molecular weight is 938 g/mol. The summed E-state index contributed by atoms with van der Waals surface area (Å²) in [6.07, 6.45) is 22.5. The first-order valence-corrected chi connectivity index (χ1v) is 28.1. The van der Waals surface area contributed by atoms with Gasteiger partial charge in [-0.05, 0) is 164 Å². The van der Waals surface area contributed by atoms with Crippen LogP contribution in [0.2, 0.25) is 0 Å². The smallest absolute Gasteiger partial charge is 0.0734 e. The Balaban J connectivity index is 1.13. The summed E-state index contributed by atoms with van der Waals surface area (Å²) < 4.78 is 0. The third-order valence-electron chi connectivity index (χ3n) is 17.2. The van der Waals surface area contributed by atoms with Gasteiger partial charge in [-0.3, -0.25) is 0 Å². The molecule has 360 valence electrons. The SMILES string of the molecule is CCCCCCCCc1c(CCCCCCCC)c2cc(N(c3ccccc3-c3ccccc3)c3cccc4c3C(c3ccc5c(c3)CC5)(c3ccc5c(c3)CC5)c3ccccc3-4)ccc2c2ccccc12. The summed E-state index contributed by atoms with van der Waals surface area (Å²) >= 11 is 0. The predicted molar refractivity (Wildman–Crippen MR) is 308 cm³/mol. The lowest BCUT2D eigenvalue weighted by atomic mass is 9.65. The molecule has 0 radical (unpaired) electrons. The van der Waals surface area contributed by atoms with Crippen LogP contribution < -0.4 is 4.90 Å². The number of fused-ring (bicyclic) bond motifs is 8. The van der Waals surface area contributed by atoms with Crippen molar-refractivity contribution < 1.29 is 0 Å². The zero-order chi connectivity index (χ0) is 48.4. The van der Waals surface area contributed by atoms with Crippen LogP contribution in [0.4, 0.5) is 17.1 Å². The number of nitrogens with zero attached hydrogens (tertiary/aromatic N) is 1. The third-order valence-corrected chi connectivity index (χ3v) is 17.2. The fourth-order valence-corrected chi connectivity index (χ4v) is 13.3. The maximum atomic E-state index is 2.68. The van der Waals surface area contributed by atoms with Crippen molar-refractivity contribution in [3.63, 3.8) is 0 Å². The minimum Gasteiger partial charge on any atom is -0.309 e. The number of aryl methyl sites for hydroxylation is 6. The van der Waals surface area contributed by atoms with E-state index in [4.69, 9.17) is 0 Å². The zero-order valence-corrected chi connectivity index (χ0v) is 42.9. The lowest BCUT2D eigenvalue weighted by molar-refractivity contribution is 0.600. The Morgan fingerprint density at radius 3 is 1.56 bits per heavy atom. The lowest BCUT2D eigenvalue weighted by Gasteiger charge is -2.40. The van der Waals surface area contributed by atoms with Gasteiger partial charge < -0.3 is 4.90 Å². The van der Waals surface area contributed by atoms with Crippen LogP contribution in [-0.4, -0.2) is 0 Å². The second kappa shape index (κ2) is 20.4. The molecule has 0 heterocycles. The van der Waals surface area contributed by atoms with E-state index in [1.54, 1.807) is 11.1 Å². The highest BCUT2D eigenvalue weighted by molar-refractivity contribution is 6.12. The molecule has 1 heteroatoms. The monoisotopic (exact) mass is 938 g/mol. The summed E-state index contributed by atoms with van der Waals surface area (Å²) in [6, 6.07) is 68.9. The maximum Gasteiger partial charge on any atom is 0.0734 e. The molecule has 9 aromatic carbocycles. The molecule has 0 spiro atoms. The van der Waals surface area contributed by atoms with Crippen LogP contribution in [0, 0.1) is 0 Å². The quantitative estimate of drug-likeness (QED) is 0.0544. The second-order valence-corrected chi connectivity index (χ2v) is 21.4. The molecule has 0 N–H and O–H groups in total. The molecule has 3 aliphatic rings. The lowest BCUT2D eigenvalue weighted by Crippen LogP contribution is -2.32. The summed E-state index contributed by atoms with van der Waals surface area (Å²) in [7, 11) is 0. The van der Waals surface area contributed by atoms with Gasteiger partial charge in [-0.25, -0.2) is 0 Å². The van der Waals surface area contributed by atoms with E-state index in [0.29, 0.717) is 0 Å². The van der Waals surface area contributed by atoms with Gasteiger partial charge in [0, 0.05) is 16.8 Å². The Morgan fingerprint density at radius 1 is 0.375 bits per heavy atom. The number of unbranched alkanes of at least 4 members (excludes halogenated alkanes) is 10. The fourth-order valence-electron chi connectivity index (χ4n) is 13.3. The topological polar surface area (TPSA) is 3.24 Å². The molecule has 0 atom stereocenters. The summed E-state index contributed by atoms with van der Waals surface area (Å²) in [5.41, 5.74) is 22.9. The van der Waals surface area contributed by atoms with E-state index in [1.807, 2.05) is 0 Å². The number of benzene rings is 9. The molecule has 1 nitrogen and oxygen atoms in total. The van der Waals surface area contributed by atoms with Crippen molar-refractivity contribution in [1.82, 2.24) is 0 Å². The van der Waals surface area contributed by atoms with E-state index < -0.39 is 5.41 Å². The summed E-state index contributed by atoms with van der Waals surface area (Å²) in [5.74, 6) is 0. The molecule has 0 aliphatic heterocycles. The van der Waals surface area contributed by atoms with Crippen molar-refractivity contribution in [1.29, 1.82) is 0 Å². The van der Waals surface area contributed by atoms with E-state index in [-0.39, 0.29) is 0 Å². The van der Waals surface area contributed by atoms with Crippen LogP contribution in [0.25, 0.3) is 43.8 Å². The van der Waals surface area contributed by atoms with E-state index in [0.717, 1.165) is 25.7 Å². The number of anilines is 3. The highest BCUT2D eigenvalue weighted by Crippen LogP contribution is 2.61. The molecule has 0 amide bonds. The van der Waals surface area contributed by atoms with Crippen LogP contribution in [0.15, 0.2) is 176 Å². The molecule has 0 unspecified atom stereocenters. The van der Waals surface area contributed by atoms with Crippen LogP contribution in [0.5, 0.6) is 0 Å².